The maximum atomic E-state index is 11.9. The van der Waals surface area contributed by atoms with Crippen molar-refractivity contribution in [3.8, 4) is 5.75 Å². The van der Waals surface area contributed by atoms with Crippen molar-refractivity contribution >= 4 is 11.6 Å². The number of rotatable bonds is 3. The van der Waals surface area contributed by atoms with Crippen molar-refractivity contribution in [2.75, 3.05) is 11.9 Å². The summed E-state index contributed by atoms with van der Waals surface area (Å²) >= 11 is 0. The summed E-state index contributed by atoms with van der Waals surface area (Å²) in [6, 6.07) is 5.11. The summed E-state index contributed by atoms with van der Waals surface area (Å²) < 4.78 is 5.53. The van der Waals surface area contributed by atoms with Crippen LogP contribution in [0.4, 0.5) is 5.69 Å². The van der Waals surface area contributed by atoms with Crippen LogP contribution >= 0.6 is 0 Å². The van der Waals surface area contributed by atoms with Crippen molar-refractivity contribution in [1.29, 1.82) is 0 Å². The number of hydrogen-bond acceptors (Lipinski definition) is 3. The van der Waals surface area contributed by atoms with Gasteiger partial charge in [-0.25, -0.2) is 0 Å². The Morgan fingerprint density at radius 2 is 2.33 bits per heavy atom. The van der Waals surface area contributed by atoms with E-state index in [0.29, 0.717) is 17.7 Å². The SMILES string of the molecule is Cc1c(O)cccc1NC(=O)CC1CCCCO1. The standard InChI is InChI=1S/C14H19NO3/c1-10-12(6-4-7-13(10)16)15-14(17)9-11-5-2-3-8-18-11/h4,6-7,11,16H,2-3,5,8-9H2,1H3,(H,15,17). The molecule has 1 amide bonds. The Morgan fingerprint density at radius 3 is 3.06 bits per heavy atom. The fourth-order valence-electron chi connectivity index (χ4n) is 2.14. The molecule has 1 aromatic rings. The molecule has 0 aromatic heterocycles. The molecule has 1 aliphatic heterocycles. The maximum absolute atomic E-state index is 11.9. The number of hydrogen-bond donors (Lipinski definition) is 2. The van der Waals surface area contributed by atoms with Gasteiger partial charge in [-0.1, -0.05) is 6.07 Å². The topological polar surface area (TPSA) is 58.6 Å². The third-order valence-electron chi connectivity index (χ3n) is 3.27. The van der Waals surface area contributed by atoms with Gasteiger partial charge < -0.3 is 15.2 Å². The van der Waals surface area contributed by atoms with Gasteiger partial charge in [0, 0.05) is 17.9 Å². The number of amides is 1. The predicted octanol–water partition coefficient (Wildman–Crippen LogP) is 2.60. The van der Waals surface area contributed by atoms with Gasteiger partial charge in [-0.05, 0) is 38.3 Å². The molecule has 0 spiro atoms. The predicted molar refractivity (Wildman–Crippen MR) is 69.7 cm³/mol. The lowest BCUT2D eigenvalue weighted by Crippen LogP contribution is -2.25. The van der Waals surface area contributed by atoms with Gasteiger partial charge in [0.25, 0.3) is 0 Å². The van der Waals surface area contributed by atoms with E-state index in [9.17, 15) is 9.90 Å². The molecule has 18 heavy (non-hydrogen) atoms. The number of carbonyl (C=O) groups excluding carboxylic acids is 1. The normalized spacial score (nSPS) is 19.5. The fraction of sp³-hybridized carbons (Fsp3) is 0.500. The second-order valence-corrected chi connectivity index (χ2v) is 4.69. The smallest absolute Gasteiger partial charge is 0.226 e. The van der Waals surface area contributed by atoms with Crippen LogP contribution in [-0.2, 0) is 9.53 Å². The van der Waals surface area contributed by atoms with Gasteiger partial charge in [0.15, 0.2) is 0 Å². The summed E-state index contributed by atoms with van der Waals surface area (Å²) in [6.07, 6.45) is 3.59. The van der Waals surface area contributed by atoms with Crippen LogP contribution in [0.15, 0.2) is 18.2 Å². The van der Waals surface area contributed by atoms with Gasteiger partial charge in [0.05, 0.1) is 12.5 Å². The molecule has 1 aliphatic rings. The summed E-state index contributed by atoms with van der Waals surface area (Å²) in [4.78, 5) is 11.9. The minimum Gasteiger partial charge on any atom is -0.508 e. The maximum Gasteiger partial charge on any atom is 0.226 e. The number of anilines is 1. The van der Waals surface area contributed by atoms with E-state index in [0.717, 1.165) is 25.9 Å². The number of aromatic hydroxyl groups is 1. The van der Waals surface area contributed by atoms with Crippen molar-refractivity contribution in [3.05, 3.63) is 23.8 Å². The van der Waals surface area contributed by atoms with Crippen molar-refractivity contribution < 1.29 is 14.6 Å². The molecule has 0 bridgehead atoms. The van der Waals surface area contributed by atoms with Crippen LogP contribution in [0.25, 0.3) is 0 Å². The first-order valence-corrected chi connectivity index (χ1v) is 6.37. The highest BCUT2D eigenvalue weighted by atomic mass is 16.5. The first-order chi connectivity index (χ1) is 8.66. The van der Waals surface area contributed by atoms with E-state index in [-0.39, 0.29) is 17.8 Å². The summed E-state index contributed by atoms with van der Waals surface area (Å²) in [5.74, 6) is 0.136. The molecule has 4 heteroatoms. The van der Waals surface area contributed by atoms with Crippen molar-refractivity contribution in [3.63, 3.8) is 0 Å². The third kappa shape index (κ3) is 3.23. The van der Waals surface area contributed by atoms with Gasteiger partial charge in [-0.2, -0.15) is 0 Å². The van der Waals surface area contributed by atoms with Gasteiger partial charge >= 0.3 is 0 Å². The Balaban J connectivity index is 1.92. The first kappa shape index (κ1) is 12.9. The molecule has 2 rings (SSSR count). The Hall–Kier alpha value is -1.55. The molecule has 98 valence electrons. The largest absolute Gasteiger partial charge is 0.508 e. The van der Waals surface area contributed by atoms with Gasteiger partial charge in [0.2, 0.25) is 5.91 Å². The van der Waals surface area contributed by atoms with Crippen LogP contribution in [0.5, 0.6) is 5.75 Å². The molecule has 0 saturated carbocycles. The lowest BCUT2D eigenvalue weighted by Gasteiger charge is -2.22. The zero-order chi connectivity index (χ0) is 13.0. The number of ether oxygens (including phenoxy) is 1. The minimum absolute atomic E-state index is 0.0383. The Labute approximate surface area is 107 Å². The molecule has 1 fully saturated rings. The monoisotopic (exact) mass is 249 g/mol. The van der Waals surface area contributed by atoms with E-state index in [1.165, 1.54) is 0 Å². The first-order valence-electron chi connectivity index (χ1n) is 6.37. The Kier molecular flexibility index (Phi) is 4.20. The second kappa shape index (κ2) is 5.87. The number of benzene rings is 1. The van der Waals surface area contributed by atoms with Crippen LogP contribution in [0.3, 0.4) is 0 Å². The highest BCUT2D eigenvalue weighted by Gasteiger charge is 2.18. The lowest BCUT2D eigenvalue weighted by molar-refractivity contribution is -0.119. The number of phenolic OH excluding ortho intramolecular Hbond substituents is 1. The van der Waals surface area contributed by atoms with Crippen molar-refractivity contribution in [2.24, 2.45) is 0 Å². The molecule has 1 aromatic carbocycles. The van der Waals surface area contributed by atoms with E-state index in [2.05, 4.69) is 5.32 Å². The van der Waals surface area contributed by atoms with Crippen LogP contribution in [-0.4, -0.2) is 23.7 Å². The van der Waals surface area contributed by atoms with E-state index in [1.807, 2.05) is 0 Å². The minimum atomic E-state index is -0.0596. The van der Waals surface area contributed by atoms with Gasteiger partial charge in [0.1, 0.15) is 5.75 Å². The average Bonchev–Trinajstić information content (AvgIpc) is 2.36. The lowest BCUT2D eigenvalue weighted by atomic mass is 10.1. The third-order valence-corrected chi connectivity index (χ3v) is 3.27. The Bertz CT molecular complexity index is 425. The quantitative estimate of drug-likeness (QED) is 0.865. The fourth-order valence-corrected chi connectivity index (χ4v) is 2.14. The molecular formula is C14H19NO3. The van der Waals surface area contributed by atoms with Crippen molar-refractivity contribution in [1.82, 2.24) is 0 Å². The van der Waals surface area contributed by atoms with E-state index in [1.54, 1.807) is 25.1 Å². The molecule has 2 N–H and O–H groups in total. The zero-order valence-corrected chi connectivity index (χ0v) is 10.6. The summed E-state index contributed by atoms with van der Waals surface area (Å²) in [7, 11) is 0. The highest BCUT2D eigenvalue weighted by Crippen LogP contribution is 2.24. The molecule has 1 saturated heterocycles. The molecule has 4 nitrogen and oxygen atoms in total. The number of nitrogens with one attached hydrogen (secondary N) is 1. The highest BCUT2D eigenvalue weighted by molar-refractivity contribution is 5.92. The molecule has 1 atom stereocenters. The molecule has 0 aliphatic carbocycles. The van der Waals surface area contributed by atoms with Gasteiger partial charge in [-0.15, -0.1) is 0 Å². The zero-order valence-electron chi connectivity index (χ0n) is 10.6. The molecule has 0 radical (unpaired) electrons. The van der Waals surface area contributed by atoms with Crippen LogP contribution in [0.2, 0.25) is 0 Å². The molecule has 1 heterocycles. The second-order valence-electron chi connectivity index (χ2n) is 4.69. The van der Waals surface area contributed by atoms with E-state index >= 15 is 0 Å². The van der Waals surface area contributed by atoms with Crippen LogP contribution in [0.1, 0.15) is 31.2 Å². The summed E-state index contributed by atoms with van der Waals surface area (Å²) in [5.41, 5.74) is 1.35. The Morgan fingerprint density at radius 1 is 1.50 bits per heavy atom. The van der Waals surface area contributed by atoms with Gasteiger partial charge in [-0.3, -0.25) is 4.79 Å². The average molecular weight is 249 g/mol. The van der Waals surface area contributed by atoms with E-state index in [4.69, 9.17) is 4.74 Å². The van der Waals surface area contributed by atoms with Crippen LogP contribution < -0.4 is 5.32 Å². The molecule has 1 unspecified atom stereocenters. The molecular weight excluding hydrogens is 230 g/mol. The van der Waals surface area contributed by atoms with Crippen molar-refractivity contribution in [2.45, 2.75) is 38.7 Å². The summed E-state index contributed by atoms with van der Waals surface area (Å²) in [6.45, 7) is 2.53. The van der Waals surface area contributed by atoms with E-state index < -0.39 is 0 Å². The number of carbonyl (C=O) groups is 1. The van der Waals surface area contributed by atoms with Crippen LogP contribution in [0, 0.1) is 6.92 Å². The number of phenols is 1. The summed E-state index contributed by atoms with van der Waals surface area (Å²) in [5, 5.41) is 12.4.